The molecular formula is C15H10BrNO3S. The number of fused-ring (bicyclic) bond motifs is 1. The molecule has 0 bridgehead atoms. The summed E-state index contributed by atoms with van der Waals surface area (Å²) in [6, 6.07) is 10.8. The second kappa shape index (κ2) is 5.46. The average Bonchev–Trinajstić information content (AvgIpc) is 3.03. The van der Waals surface area contributed by atoms with Crippen molar-refractivity contribution in [3.63, 3.8) is 0 Å². The summed E-state index contributed by atoms with van der Waals surface area (Å²) in [5.41, 5.74) is 0.993. The molecule has 0 aliphatic rings. The van der Waals surface area contributed by atoms with Crippen LogP contribution in [0.15, 0.2) is 44.6 Å². The number of carbonyl (C=O) groups excluding carboxylic acids is 2. The van der Waals surface area contributed by atoms with E-state index in [1.54, 1.807) is 18.2 Å². The number of hydrogen-bond donors (Lipinski definition) is 1. The Hall–Kier alpha value is -1.92. The van der Waals surface area contributed by atoms with Crippen LogP contribution in [0, 0.1) is 0 Å². The molecule has 2 aromatic heterocycles. The first kappa shape index (κ1) is 14.0. The highest BCUT2D eigenvalue weighted by molar-refractivity contribution is 9.11. The second-order valence-electron chi connectivity index (χ2n) is 4.42. The number of thiophene rings is 1. The van der Waals surface area contributed by atoms with Gasteiger partial charge in [0.1, 0.15) is 5.58 Å². The van der Waals surface area contributed by atoms with Gasteiger partial charge in [-0.3, -0.25) is 9.59 Å². The highest BCUT2D eigenvalue weighted by Crippen LogP contribution is 2.34. The van der Waals surface area contributed by atoms with E-state index in [0.717, 1.165) is 3.79 Å². The highest BCUT2D eigenvalue weighted by atomic mass is 79.9. The van der Waals surface area contributed by atoms with Crippen LogP contribution in [0.5, 0.6) is 0 Å². The van der Waals surface area contributed by atoms with Gasteiger partial charge in [-0.25, -0.2) is 0 Å². The van der Waals surface area contributed by atoms with Gasteiger partial charge in [-0.15, -0.1) is 11.3 Å². The molecule has 21 heavy (non-hydrogen) atoms. The molecule has 0 spiro atoms. The Morgan fingerprint density at radius 2 is 1.95 bits per heavy atom. The van der Waals surface area contributed by atoms with Crippen molar-refractivity contribution in [3.8, 4) is 0 Å². The lowest BCUT2D eigenvalue weighted by Gasteiger charge is -2.01. The Labute approximate surface area is 132 Å². The van der Waals surface area contributed by atoms with Gasteiger partial charge in [-0.05, 0) is 40.2 Å². The zero-order chi connectivity index (χ0) is 15.0. The molecule has 106 valence electrons. The van der Waals surface area contributed by atoms with Gasteiger partial charge in [-0.1, -0.05) is 12.1 Å². The Morgan fingerprint density at radius 3 is 2.62 bits per heavy atom. The van der Waals surface area contributed by atoms with E-state index in [9.17, 15) is 9.59 Å². The summed E-state index contributed by atoms with van der Waals surface area (Å²) in [6.07, 6.45) is 0. The molecule has 0 unspecified atom stereocenters. The lowest BCUT2D eigenvalue weighted by molar-refractivity contribution is -0.114. The van der Waals surface area contributed by atoms with Crippen LogP contribution in [0.3, 0.4) is 0 Å². The summed E-state index contributed by atoms with van der Waals surface area (Å²) < 4.78 is 6.52. The largest absolute Gasteiger partial charge is 0.450 e. The number of nitrogens with one attached hydrogen (secondary N) is 1. The zero-order valence-electron chi connectivity index (χ0n) is 11.0. The number of ketones is 1. The SMILES string of the molecule is CC(=O)Nc1c(C(=O)c2ccc(Br)s2)oc2ccccc12. The number of halogens is 1. The van der Waals surface area contributed by atoms with E-state index in [-0.39, 0.29) is 17.5 Å². The van der Waals surface area contributed by atoms with Crippen molar-refractivity contribution in [3.05, 3.63) is 50.8 Å². The molecule has 1 amide bonds. The van der Waals surface area contributed by atoms with Gasteiger partial charge in [0.2, 0.25) is 11.7 Å². The monoisotopic (exact) mass is 363 g/mol. The van der Waals surface area contributed by atoms with Crippen molar-refractivity contribution in [2.24, 2.45) is 0 Å². The van der Waals surface area contributed by atoms with E-state index in [2.05, 4.69) is 21.2 Å². The summed E-state index contributed by atoms with van der Waals surface area (Å²) in [5, 5.41) is 3.41. The highest BCUT2D eigenvalue weighted by Gasteiger charge is 2.23. The number of rotatable bonds is 3. The molecule has 0 aliphatic carbocycles. The minimum Gasteiger partial charge on any atom is -0.450 e. The van der Waals surface area contributed by atoms with Crippen LogP contribution < -0.4 is 5.32 Å². The summed E-state index contributed by atoms with van der Waals surface area (Å²) >= 11 is 4.66. The summed E-state index contributed by atoms with van der Waals surface area (Å²) in [5.74, 6) is -0.339. The molecule has 4 nitrogen and oxygen atoms in total. The van der Waals surface area contributed by atoms with E-state index in [1.807, 2.05) is 18.2 Å². The molecule has 2 heterocycles. The molecule has 6 heteroatoms. The van der Waals surface area contributed by atoms with Gasteiger partial charge in [0.15, 0.2) is 5.76 Å². The molecule has 0 radical (unpaired) electrons. The van der Waals surface area contributed by atoms with Gasteiger partial charge < -0.3 is 9.73 Å². The summed E-state index contributed by atoms with van der Waals surface area (Å²) in [6.45, 7) is 1.40. The predicted molar refractivity (Wildman–Crippen MR) is 86.0 cm³/mol. The van der Waals surface area contributed by atoms with Gasteiger partial charge >= 0.3 is 0 Å². The molecular weight excluding hydrogens is 354 g/mol. The third-order valence-electron chi connectivity index (χ3n) is 2.90. The maximum absolute atomic E-state index is 12.6. The topological polar surface area (TPSA) is 59.3 Å². The minimum absolute atomic E-state index is 0.153. The van der Waals surface area contributed by atoms with Crippen molar-refractivity contribution >= 4 is 55.6 Å². The number of benzene rings is 1. The fraction of sp³-hybridized carbons (Fsp3) is 0.0667. The van der Waals surface area contributed by atoms with Crippen LogP contribution in [0.25, 0.3) is 11.0 Å². The van der Waals surface area contributed by atoms with E-state index in [4.69, 9.17) is 4.42 Å². The third-order valence-corrected chi connectivity index (χ3v) is 4.52. The molecule has 3 rings (SSSR count). The number of anilines is 1. The number of furan rings is 1. The Bertz CT molecular complexity index is 850. The molecule has 3 aromatic rings. The van der Waals surface area contributed by atoms with Crippen LogP contribution in [0.2, 0.25) is 0 Å². The van der Waals surface area contributed by atoms with Crippen LogP contribution in [-0.4, -0.2) is 11.7 Å². The first-order valence-electron chi connectivity index (χ1n) is 6.15. The molecule has 0 aliphatic heterocycles. The lowest BCUT2D eigenvalue weighted by atomic mass is 10.1. The summed E-state index contributed by atoms with van der Waals surface area (Å²) in [7, 11) is 0. The van der Waals surface area contributed by atoms with Crippen LogP contribution in [0.4, 0.5) is 5.69 Å². The van der Waals surface area contributed by atoms with Crippen molar-refractivity contribution in [1.82, 2.24) is 0 Å². The number of amides is 1. The van der Waals surface area contributed by atoms with Crippen molar-refractivity contribution in [2.75, 3.05) is 5.32 Å². The van der Waals surface area contributed by atoms with E-state index < -0.39 is 0 Å². The molecule has 0 fully saturated rings. The molecule has 0 saturated heterocycles. The van der Waals surface area contributed by atoms with Crippen molar-refractivity contribution in [1.29, 1.82) is 0 Å². The third kappa shape index (κ3) is 2.64. The Morgan fingerprint density at radius 1 is 1.19 bits per heavy atom. The van der Waals surface area contributed by atoms with E-state index in [1.165, 1.54) is 18.3 Å². The predicted octanol–water partition coefficient (Wildman–Crippen LogP) is 4.45. The van der Waals surface area contributed by atoms with E-state index in [0.29, 0.717) is 21.5 Å². The van der Waals surface area contributed by atoms with Crippen LogP contribution in [-0.2, 0) is 4.79 Å². The normalized spacial score (nSPS) is 10.8. The number of para-hydroxylation sites is 1. The zero-order valence-corrected chi connectivity index (χ0v) is 13.4. The first-order chi connectivity index (χ1) is 10.1. The first-order valence-corrected chi connectivity index (χ1v) is 7.76. The second-order valence-corrected chi connectivity index (χ2v) is 6.88. The maximum atomic E-state index is 12.6. The molecule has 1 N–H and O–H groups in total. The van der Waals surface area contributed by atoms with E-state index >= 15 is 0 Å². The standard InChI is InChI=1S/C15H10BrNO3S/c1-8(18)17-13-9-4-2-3-5-10(9)20-15(13)14(19)11-6-7-12(16)21-11/h2-7H,1H3,(H,17,18). The Kier molecular flexibility index (Phi) is 3.65. The Balaban J connectivity index is 2.16. The molecule has 0 saturated carbocycles. The quantitative estimate of drug-likeness (QED) is 0.699. The fourth-order valence-electron chi connectivity index (χ4n) is 2.05. The van der Waals surface area contributed by atoms with Crippen LogP contribution in [0.1, 0.15) is 22.4 Å². The number of carbonyl (C=O) groups is 2. The smallest absolute Gasteiger partial charge is 0.240 e. The van der Waals surface area contributed by atoms with Crippen molar-refractivity contribution in [2.45, 2.75) is 6.92 Å². The van der Waals surface area contributed by atoms with Crippen molar-refractivity contribution < 1.29 is 14.0 Å². The number of hydrogen-bond acceptors (Lipinski definition) is 4. The van der Waals surface area contributed by atoms with Crippen LogP contribution >= 0.6 is 27.3 Å². The maximum Gasteiger partial charge on any atom is 0.240 e. The van der Waals surface area contributed by atoms with Gasteiger partial charge in [0.05, 0.1) is 14.4 Å². The lowest BCUT2D eigenvalue weighted by Crippen LogP contribution is -2.09. The fourth-order valence-corrected chi connectivity index (χ4v) is 3.38. The minimum atomic E-state index is -0.247. The average molecular weight is 364 g/mol. The molecule has 1 aromatic carbocycles. The van der Waals surface area contributed by atoms with Gasteiger partial charge in [-0.2, -0.15) is 0 Å². The summed E-state index contributed by atoms with van der Waals surface area (Å²) in [4.78, 5) is 24.5. The van der Waals surface area contributed by atoms with Gasteiger partial charge in [0.25, 0.3) is 0 Å². The van der Waals surface area contributed by atoms with Gasteiger partial charge in [0, 0.05) is 12.3 Å². The molecule has 0 atom stereocenters.